The van der Waals surface area contributed by atoms with Gasteiger partial charge in [-0.1, -0.05) is 12.1 Å². The van der Waals surface area contributed by atoms with Crippen LogP contribution in [-0.4, -0.2) is 26.6 Å². The molecule has 0 radical (unpaired) electrons. The van der Waals surface area contributed by atoms with E-state index >= 15 is 0 Å². The Morgan fingerprint density at radius 1 is 1.11 bits per heavy atom. The van der Waals surface area contributed by atoms with E-state index in [0.29, 0.717) is 6.42 Å². The number of hydrogen-bond donors (Lipinski definition) is 2. The highest BCUT2D eigenvalue weighted by Crippen LogP contribution is 2.22. The molecule has 0 spiro atoms. The van der Waals surface area contributed by atoms with Crippen LogP contribution in [0.3, 0.4) is 0 Å². The molecule has 27 heavy (non-hydrogen) atoms. The zero-order chi connectivity index (χ0) is 19.2. The number of rotatable bonds is 7. The molecule has 0 saturated heterocycles. The van der Waals surface area contributed by atoms with Crippen LogP contribution in [0.5, 0.6) is 0 Å². The quantitative estimate of drug-likeness (QED) is 0.483. The highest BCUT2D eigenvalue weighted by Gasteiger charge is 2.09. The van der Waals surface area contributed by atoms with Gasteiger partial charge in [-0.2, -0.15) is 5.10 Å². The van der Waals surface area contributed by atoms with E-state index in [1.165, 1.54) is 4.70 Å². The zero-order valence-corrected chi connectivity index (χ0v) is 16.3. The Morgan fingerprint density at radius 2 is 1.89 bits per heavy atom. The molecule has 0 atom stereocenters. The Kier molecular flexibility index (Phi) is 6.18. The molecule has 0 aliphatic rings. The number of nitrogens with one attached hydrogen (secondary N) is 2. The standard InChI is InChI=1S/C19H23N5O2S/c1-13-11-14(2)24(23-13)12-18(26)22-21-17(25)9-5-6-10-19-20-15-7-3-4-8-16(15)27-19/h3-4,7-8,11H,5-6,9-10,12H2,1-2H3,(H,21,25)(H,22,26). The third-order valence-corrected chi connectivity index (χ3v) is 5.22. The molecular weight excluding hydrogens is 362 g/mol. The van der Waals surface area contributed by atoms with E-state index < -0.39 is 0 Å². The Labute approximate surface area is 161 Å². The minimum Gasteiger partial charge on any atom is -0.273 e. The van der Waals surface area contributed by atoms with Crippen molar-refractivity contribution in [2.75, 3.05) is 0 Å². The van der Waals surface area contributed by atoms with Crippen LogP contribution in [0, 0.1) is 13.8 Å². The van der Waals surface area contributed by atoms with Crippen molar-refractivity contribution >= 4 is 33.4 Å². The van der Waals surface area contributed by atoms with Gasteiger partial charge in [-0.15, -0.1) is 11.3 Å². The fourth-order valence-electron chi connectivity index (χ4n) is 2.80. The third-order valence-electron chi connectivity index (χ3n) is 4.12. The molecule has 0 saturated carbocycles. The lowest BCUT2D eigenvalue weighted by Crippen LogP contribution is -2.43. The van der Waals surface area contributed by atoms with Crippen molar-refractivity contribution in [3.8, 4) is 0 Å². The van der Waals surface area contributed by atoms with Crippen molar-refractivity contribution in [3.05, 3.63) is 46.7 Å². The van der Waals surface area contributed by atoms with Gasteiger partial charge in [0.1, 0.15) is 6.54 Å². The van der Waals surface area contributed by atoms with Crippen LogP contribution in [0.15, 0.2) is 30.3 Å². The molecule has 3 rings (SSSR count). The van der Waals surface area contributed by atoms with Crippen molar-refractivity contribution < 1.29 is 9.59 Å². The minimum atomic E-state index is -0.302. The van der Waals surface area contributed by atoms with Crippen molar-refractivity contribution in [3.63, 3.8) is 0 Å². The summed E-state index contributed by atoms with van der Waals surface area (Å²) in [6.07, 6.45) is 2.85. The highest BCUT2D eigenvalue weighted by molar-refractivity contribution is 7.18. The Hall–Kier alpha value is -2.74. The SMILES string of the molecule is Cc1cc(C)n(CC(=O)NNC(=O)CCCCc2nc3ccccc3s2)n1. The molecule has 0 fully saturated rings. The summed E-state index contributed by atoms with van der Waals surface area (Å²) in [4.78, 5) is 28.3. The van der Waals surface area contributed by atoms with Crippen LogP contribution in [0.2, 0.25) is 0 Å². The lowest BCUT2D eigenvalue weighted by atomic mass is 10.2. The predicted molar refractivity (Wildman–Crippen MR) is 105 cm³/mol. The molecule has 0 aliphatic carbocycles. The van der Waals surface area contributed by atoms with Gasteiger partial charge < -0.3 is 0 Å². The molecule has 3 aromatic rings. The van der Waals surface area contributed by atoms with Gasteiger partial charge in [0.25, 0.3) is 5.91 Å². The van der Waals surface area contributed by atoms with Crippen LogP contribution >= 0.6 is 11.3 Å². The third kappa shape index (κ3) is 5.37. The molecule has 0 unspecified atom stereocenters. The molecule has 2 heterocycles. The first-order valence-corrected chi connectivity index (χ1v) is 9.76. The van der Waals surface area contributed by atoms with Gasteiger partial charge >= 0.3 is 0 Å². The van der Waals surface area contributed by atoms with E-state index in [2.05, 4.69) is 27.0 Å². The van der Waals surface area contributed by atoms with E-state index in [0.717, 1.165) is 41.2 Å². The average molecular weight is 385 g/mol. The number of hydrogen-bond acceptors (Lipinski definition) is 5. The summed E-state index contributed by atoms with van der Waals surface area (Å²) in [5.74, 6) is -0.495. The van der Waals surface area contributed by atoms with Gasteiger partial charge in [0, 0.05) is 12.1 Å². The molecule has 7 nitrogen and oxygen atoms in total. The summed E-state index contributed by atoms with van der Waals surface area (Å²) in [5, 5.41) is 5.31. The minimum absolute atomic E-state index is 0.0809. The summed E-state index contributed by atoms with van der Waals surface area (Å²) >= 11 is 1.70. The number of carbonyl (C=O) groups is 2. The van der Waals surface area contributed by atoms with E-state index in [9.17, 15) is 9.59 Å². The normalized spacial score (nSPS) is 10.9. The number of thiazole rings is 1. The van der Waals surface area contributed by atoms with Crippen LogP contribution < -0.4 is 10.9 Å². The smallest absolute Gasteiger partial charge is 0.260 e. The van der Waals surface area contributed by atoms with Crippen LogP contribution in [0.4, 0.5) is 0 Å². The monoisotopic (exact) mass is 385 g/mol. The maximum Gasteiger partial charge on any atom is 0.260 e. The number of aryl methyl sites for hydroxylation is 3. The van der Waals surface area contributed by atoms with Gasteiger partial charge in [0.2, 0.25) is 5.91 Å². The maximum atomic E-state index is 11.9. The second-order valence-corrected chi connectivity index (χ2v) is 7.58. The van der Waals surface area contributed by atoms with Gasteiger partial charge in [-0.05, 0) is 51.3 Å². The summed E-state index contributed by atoms with van der Waals surface area (Å²) in [7, 11) is 0. The number of benzene rings is 1. The number of carbonyl (C=O) groups excluding carboxylic acids is 2. The van der Waals surface area contributed by atoms with E-state index in [1.807, 2.05) is 38.1 Å². The molecule has 0 aliphatic heterocycles. The molecular formula is C19H23N5O2S. The molecule has 142 valence electrons. The molecule has 1 aromatic carbocycles. The Balaban J connectivity index is 1.33. The summed E-state index contributed by atoms with van der Waals surface area (Å²) in [6.45, 7) is 3.84. The topological polar surface area (TPSA) is 88.9 Å². The van der Waals surface area contributed by atoms with Crippen molar-refractivity contribution in [1.29, 1.82) is 0 Å². The largest absolute Gasteiger partial charge is 0.273 e. The Morgan fingerprint density at radius 3 is 2.63 bits per heavy atom. The fraction of sp³-hybridized carbons (Fsp3) is 0.368. The van der Waals surface area contributed by atoms with E-state index in [1.54, 1.807) is 16.0 Å². The molecule has 0 bridgehead atoms. The first kappa shape index (κ1) is 19.0. The molecule has 2 amide bonds. The van der Waals surface area contributed by atoms with E-state index in [4.69, 9.17) is 0 Å². The van der Waals surface area contributed by atoms with Gasteiger partial charge in [-0.3, -0.25) is 25.1 Å². The average Bonchev–Trinajstić information content (AvgIpc) is 3.19. The van der Waals surface area contributed by atoms with E-state index in [-0.39, 0.29) is 18.4 Å². The highest BCUT2D eigenvalue weighted by atomic mass is 32.1. The number of amides is 2. The molecule has 2 N–H and O–H groups in total. The van der Waals surface area contributed by atoms with Crippen molar-refractivity contribution in [1.82, 2.24) is 25.6 Å². The van der Waals surface area contributed by atoms with Crippen molar-refractivity contribution in [2.45, 2.75) is 46.1 Å². The summed E-state index contributed by atoms with van der Waals surface area (Å²) in [5.41, 5.74) is 7.68. The number of fused-ring (bicyclic) bond motifs is 1. The first-order valence-electron chi connectivity index (χ1n) is 8.94. The van der Waals surface area contributed by atoms with Gasteiger partial charge in [0.15, 0.2) is 0 Å². The Bertz CT molecular complexity index is 914. The van der Waals surface area contributed by atoms with Crippen LogP contribution in [-0.2, 0) is 22.6 Å². The fourth-order valence-corrected chi connectivity index (χ4v) is 3.81. The van der Waals surface area contributed by atoms with Gasteiger partial charge in [0.05, 0.1) is 20.9 Å². The van der Waals surface area contributed by atoms with Gasteiger partial charge in [-0.25, -0.2) is 4.98 Å². The van der Waals surface area contributed by atoms with Crippen molar-refractivity contribution in [2.24, 2.45) is 0 Å². The summed E-state index contributed by atoms with van der Waals surface area (Å²) in [6, 6.07) is 9.98. The number of para-hydroxylation sites is 1. The number of nitrogens with zero attached hydrogens (tertiary/aromatic N) is 3. The molecule has 8 heteroatoms. The lowest BCUT2D eigenvalue weighted by Gasteiger charge is -2.08. The maximum absolute atomic E-state index is 11.9. The van der Waals surface area contributed by atoms with Crippen LogP contribution in [0.25, 0.3) is 10.2 Å². The first-order chi connectivity index (χ1) is 13.0. The zero-order valence-electron chi connectivity index (χ0n) is 15.5. The second-order valence-electron chi connectivity index (χ2n) is 6.46. The number of aromatic nitrogens is 3. The second kappa shape index (κ2) is 8.77. The predicted octanol–water partition coefficient (Wildman–Crippen LogP) is 2.67. The lowest BCUT2D eigenvalue weighted by molar-refractivity contribution is -0.129. The number of hydrazine groups is 1. The molecule has 2 aromatic heterocycles. The van der Waals surface area contributed by atoms with Crippen LogP contribution in [0.1, 0.15) is 35.7 Å². The summed E-state index contributed by atoms with van der Waals surface area (Å²) < 4.78 is 2.80. The number of unbranched alkanes of at least 4 members (excludes halogenated alkanes) is 1.